The number of aliphatic carboxylic acids is 1. The van der Waals surface area contributed by atoms with Crippen molar-refractivity contribution in [3.63, 3.8) is 0 Å². The van der Waals surface area contributed by atoms with Crippen LogP contribution in [0.1, 0.15) is 27.7 Å². The number of β-lactam (4-membered cyclic amide) rings is 1. The van der Waals surface area contributed by atoms with Crippen LogP contribution in [-0.4, -0.2) is 75.3 Å². The number of nitrogens with zero attached hydrogens (tertiary/aromatic N) is 1. The van der Waals surface area contributed by atoms with E-state index in [1.165, 1.54) is 30.5 Å². The monoisotopic (exact) mass is 494 g/mol. The van der Waals surface area contributed by atoms with Gasteiger partial charge in [-0.05, 0) is 39.8 Å². The Hall–Kier alpha value is -3.28. The third-order valence-electron chi connectivity index (χ3n) is 5.53. The lowest BCUT2D eigenvalue weighted by Gasteiger charge is -2.43. The van der Waals surface area contributed by atoms with Gasteiger partial charge in [0.15, 0.2) is 12.0 Å². The number of nitrogens with one attached hydrogen (secondary N) is 1. The van der Waals surface area contributed by atoms with E-state index >= 15 is 0 Å². The summed E-state index contributed by atoms with van der Waals surface area (Å²) >= 11 is 1.33. The normalized spacial score (nSPS) is 22.8. The van der Waals surface area contributed by atoms with Gasteiger partial charge in [-0.25, -0.2) is 4.79 Å². The summed E-state index contributed by atoms with van der Waals surface area (Å²) in [5.74, 6) is -3.64. The number of amides is 2. The van der Waals surface area contributed by atoms with Gasteiger partial charge in [0.05, 0.1) is 0 Å². The third kappa shape index (κ3) is 4.96. The summed E-state index contributed by atoms with van der Waals surface area (Å²) in [6.07, 6.45) is 0. The van der Waals surface area contributed by atoms with Crippen LogP contribution in [0.3, 0.4) is 0 Å². The minimum Gasteiger partial charge on any atom is -0.484 e. The van der Waals surface area contributed by atoms with E-state index in [1.54, 1.807) is 38.1 Å². The zero-order valence-corrected chi connectivity index (χ0v) is 19.9. The zero-order valence-electron chi connectivity index (χ0n) is 19.1. The number of hydrogen-bond acceptors (Lipinski definition) is 9. The van der Waals surface area contributed by atoms with Gasteiger partial charge < -0.3 is 29.5 Å². The van der Waals surface area contributed by atoms with Crippen LogP contribution in [0, 0.1) is 5.41 Å². The summed E-state index contributed by atoms with van der Waals surface area (Å²) in [7, 11) is 0. The first kappa shape index (κ1) is 25.3. The summed E-state index contributed by atoms with van der Waals surface area (Å²) in [4.78, 5) is 62.0. The molecule has 1 aromatic carbocycles. The number of fused-ring (bicyclic) bond motifs is 1. The molecular formula is C22H26N2O9S. The lowest BCUT2D eigenvalue weighted by atomic mass is 9.94. The molecule has 0 bridgehead atoms. The fourth-order valence-electron chi connectivity index (χ4n) is 3.49. The highest BCUT2D eigenvalue weighted by Gasteiger charge is 2.64. The minimum atomic E-state index is -1.80. The molecule has 2 saturated heterocycles. The molecule has 2 amide bonds. The van der Waals surface area contributed by atoms with Crippen LogP contribution in [0.5, 0.6) is 5.75 Å². The maximum absolute atomic E-state index is 12.7. The molecule has 0 radical (unpaired) electrons. The number of carbonyl (C=O) groups excluding carboxylic acids is 4. The number of rotatable bonds is 9. The van der Waals surface area contributed by atoms with Crippen LogP contribution in [-0.2, 0) is 33.4 Å². The summed E-state index contributed by atoms with van der Waals surface area (Å²) in [6, 6.07) is 6.97. The number of carboxylic acids is 1. The number of benzene rings is 1. The lowest BCUT2D eigenvalue weighted by molar-refractivity contribution is -0.183. The highest BCUT2D eigenvalue weighted by Crippen LogP contribution is 2.51. The highest BCUT2D eigenvalue weighted by molar-refractivity contribution is 8.01. The van der Waals surface area contributed by atoms with Crippen molar-refractivity contribution in [3.8, 4) is 5.75 Å². The molecule has 0 spiro atoms. The highest BCUT2D eigenvalue weighted by atomic mass is 32.2. The number of para-hydroxylation sites is 1. The van der Waals surface area contributed by atoms with Gasteiger partial charge in [-0.2, -0.15) is 0 Å². The number of carboxylic acid groups (broad SMARTS) is 1. The van der Waals surface area contributed by atoms with Crippen molar-refractivity contribution in [2.45, 2.75) is 49.9 Å². The van der Waals surface area contributed by atoms with Gasteiger partial charge in [0.2, 0.25) is 12.7 Å². The molecule has 2 heterocycles. The second-order valence-electron chi connectivity index (χ2n) is 8.85. The standard InChI is InChI=1S/C22H26N2O9S/c1-21(2,19(28)29)20(30)33-11-32-18(27)15-22(3,4)34-17-14(16(26)24(15)17)23-13(25)10-31-12-8-6-5-7-9-12/h5-9,14-15,17H,10-11H2,1-4H3,(H,23,25)(H,28,29)/t14-,15+,17-/m1/s1. The Labute approximate surface area is 200 Å². The number of esters is 2. The molecule has 0 unspecified atom stereocenters. The van der Waals surface area contributed by atoms with Crippen molar-refractivity contribution in [2.75, 3.05) is 13.4 Å². The Morgan fingerprint density at radius 2 is 1.79 bits per heavy atom. The van der Waals surface area contributed by atoms with Gasteiger partial charge in [-0.3, -0.25) is 19.2 Å². The second kappa shape index (κ2) is 9.53. The van der Waals surface area contributed by atoms with Gasteiger partial charge >= 0.3 is 17.9 Å². The molecule has 2 N–H and O–H groups in total. The van der Waals surface area contributed by atoms with E-state index < -0.39 is 64.1 Å². The fourth-order valence-corrected chi connectivity index (χ4v) is 5.12. The summed E-state index contributed by atoms with van der Waals surface area (Å²) in [5.41, 5.74) is -1.80. The number of thioether (sulfide) groups is 1. The first-order chi connectivity index (χ1) is 15.9. The SMILES string of the molecule is CC(C)(C(=O)O)C(=O)OCOC(=O)[C@@H]1N2C(=O)[C@@H](NC(=O)COc3ccccc3)[C@H]2SC1(C)C. The van der Waals surface area contributed by atoms with Crippen molar-refractivity contribution in [1.29, 1.82) is 0 Å². The largest absolute Gasteiger partial charge is 0.484 e. The quantitative estimate of drug-likeness (QED) is 0.218. The van der Waals surface area contributed by atoms with Gasteiger partial charge in [-0.15, -0.1) is 11.8 Å². The summed E-state index contributed by atoms with van der Waals surface area (Å²) in [6.45, 7) is 4.80. The molecule has 2 aliphatic rings. The molecule has 1 aromatic rings. The Balaban J connectivity index is 1.54. The minimum absolute atomic E-state index is 0.266. The average molecular weight is 495 g/mol. The molecule has 12 heteroatoms. The van der Waals surface area contributed by atoms with E-state index in [4.69, 9.17) is 19.3 Å². The molecule has 2 fully saturated rings. The van der Waals surface area contributed by atoms with Crippen molar-refractivity contribution in [3.05, 3.63) is 30.3 Å². The van der Waals surface area contributed by atoms with Crippen molar-refractivity contribution in [2.24, 2.45) is 5.41 Å². The average Bonchev–Trinajstić information content (AvgIpc) is 3.04. The van der Waals surface area contributed by atoms with E-state index in [-0.39, 0.29) is 6.61 Å². The molecule has 184 valence electrons. The van der Waals surface area contributed by atoms with Crippen LogP contribution in [0.2, 0.25) is 0 Å². The Kier molecular flexibility index (Phi) is 7.10. The molecule has 34 heavy (non-hydrogen) atoms. The molecule has 2 aliphatic heterocycles. The van der Waals surface area contributed by atoms with E-state index in [1.807, 2.05) is 6.07 Å². The number of hydrogen-bond donors (Lipinski definition) is 2. The van der Waals surface area contributed by atoms with E-state index in [0.29, 0.717) is 5.75 Å². The van der Waals surface area contributed by atoms with E-state index in [9.17, 15) is 24.0 Å². The van der Waals surface area contributed by atoms with Crippen LogP contribution < -0.4 is 10.1 Å². The van der Waals surface area contributed by atoms with Crippen LogP contribution in [0.4, 0.5) is 0 Å². The van der Waals surface area contributed by atoms with Crippen LogP contribution in [0.25, 0.3) is 0 Å². The molecular weight excluding hydrogens is 468 g/mol. The molecule has 3 rings (SSSR count). The van der Waals surface area contributed by atoms with Gasteiger partial charge in [-0.1, -0.05) is 18.2 Å². The predicted octanol–water partition coefficient (Wildman–Crippen LogP) is 0.767. The van der Waals surface area contributed by atoms with Crippen molar-refractivity contribution >= 4 is 41.5 Å². The Morgan fingerprint density at radius 1 is 1.15 bits per heavy atom. The first-order valence-electron chi connectivity index (χ1n) is 10.4. The summed E-state index contributed by atoms with van der Waals surface area (Å²) < 4.78 is 14.4. The maximum Gasteiger partial charge on any atom is 0.333 e. The maximum atomic E-state index is 12.7. The van der Waals surface area contributed by atoms with Crippen molar-refractivity contribution < 1.29 is 43.3 Å². The summed E-state index contributed by atoms with van der Waals surface area (Å²) in [5, 5.41) is 11.2. The van der Waals surface area contributed by atoms with Gasteiger partial charge in [0.25, 0.3) is 5.91 Å². The molecule has 3 atom stereocenters. The first-order valence-corrected chi connectivity index (χ1v) is 11.3. The lowest BCUT2D eigenvalue weighted by Crippen LogP contribution is -2.71. The number of ether oxygens (including phenoxy) is 3. The van der Waals surface area contributed by atoms with Crippen LogP contribution >= 0.6 is 11.8 Å². The smallest absolute Gasteiger partial charge is 0.333 e. The molecule has 11 nitrogen and oxygen atoms in total. The molecule has 0 aliphatic carbocycles. The topological polar surface area (TPSA) is 149 Å². The Morgan fingerprint density at radius 3 is 2.41 bits per heavy atom. The predicted molar refractivity (Wildman–Crippen MR) is 118 cm³/mol. The third-order valence-corrected chi connectivity index (χ3v) is 7.10. The van der Waals surface area contributed by atoms with Gasteiger partial charge in [0, 0.05) is 4.75 Å². The zero-order chi connectivity index (χ0) is 25.3. The number of carbonyl (C=O) groups is 5. The Bertz CT molecular complexity index is 995. The molecule has 0 aromatic heterocycles. The van der Waals surface area contributed by atoms with Crippen molar-refractivity contribution in [1.82, 2.24) is 10.2 Å². The van der Waals surface area contributed by atoms with E-state index in [2.05, 4.69) is 5.32 Å². The van der Waals surface area contributed by atoms with Crippen LogP contribution in [0.15, 0.2) is 30.3 Å². The second-order valence-corrected chi connectivity index (χ2v) is 10.6. The molecule has 0 saturated carbocycles. The van der Waals surface area contributed by atoms with Gasteiger partial charge in [0.1, 0.15) is 23.2 Å². The fraction of sp³-hybridized carbons (Fsp3) is 0.500. The van der Waals surface area contributed by atoms with E-state index in [0.717, 1.165) is 0 Å².